The predicted molar refractivity (Wildman–Crippen MR) is 113 cm³/mol. The van der Waals surface area contributed by atoms with E-state index in [0.29, 0.717) is 38.3 Å². The maximum absolute atomic E-state index is 11.8. The van der Waals surface area contributed by atoms with Crippen molar-refractivity contribution in [2.24, 2.45) is 4.99 Å². The van der Waals surface area contributed by atoms with E-state index in [9.17, 15) is 4.79 Å². The molecule has 1 saturated heterocycles. The van der Waals surface area contributed by atoms with E-state index < -0.39 is 0 Å². The van der Waals surface area contributed by atoms with Gasteiger partial charge in [0.05, 0.1) is 12.9 Å². The number of nitrogens with zero attached hydrogens (tertiary/aromatic N) is 2. The number of hydrogen-bond acceptors (Lipinski definition) is 4. The largest absolute Gasteiger partial charge is 0.469 e. The van der Waals surface area contributed by atoms with Crippen LogP contribution in [0.2, 0.25) is 0 Å². The van der Waals surface area contributed by atoms with Gasteiger partial charge in [0.1, 0.15) is 5.76 Å². The molecule has 0 radical (unpaired) electrons. The van der Waals surface area contributed by atoms with Gasteiger partial charge in [0.2, 0.25) is 0 Å². The van der Waals surface area contributed by atoms with Crippen LogP contribution in [0.4, 0.5) is 4.79 Å². The average molecular weight is 478 g/mol. The van der Waals surface area contributed by atoms with Crippen LogP contribution < -0.4 is 10.6 Å². The highest BCUT2D eigenvalue weighted by atomic mass is 127. The van der Waals surface area contributed by atoms with Gasteiger partial charge in [-0.1, -0.05) is 0 Å². The molecule has 8 heteroatoms. The molecule has 148 valence electrons. The van der Waals surface area contributed by atoms with Gasteiger partial charge in [-0.25, -0.2) is 4.79 Å². The van der Waals surface area contributed by atoms with E-state index in [4.69, 9.17) is 9.15 Å². The van der Waals surface area contributed by atoms with Gasteiger partial charge in [-0.05, 0) is 45.7 Å². The van der Waals surface area contributed by atoms with Crippen molar-refractivity contribution in [2.75, 3.05) is 26.2 Å². The van der Waals surface area contributed by atoms with Crippen LogP contribution in [0, 0.1) is 0 Å². The molecule has 2 heterocycles. The summed E-state index contributed by atoms with van der Waals surface area (Å²) in [7, 11) is 0. The fourth-order valence-electron chi connectivity index (χ4n) is 2.75. The first-order valence-electron chi connectivity index (χ1n) is 9.10. The average Bonchev–Trinajstić information content (AvgIpc) is 3.08. The van der Waals surface area contributed by atoms with Crippen LogP contribution in [0.5, 0.6) is 0 Å². The molecule has 0 unspecified atom stereocenters. The summed E-state index contributed by atoms with van der Waals surface area (Å²) in [4.78, 5) is 18.2. The van der Waals surface area contributed by atoms with E-state index in [0.717, 1.165) is 31.0 Å². The highest BCUT2D eigenvalue weighted by molar-refractivity contribution is 14.0. The van der Waals surface area contributed by atoms with Crippen LogP contribution in [0.15, 0.2) is 27.8 Å². The third kappa shape index (κ3) is 7.84. The Kier molecular flexibility index (Phi) is 10.5. The molecule has 1 aromatic heterocycles. The Bertz CT molecular complexity index is 541. The van der Waals surface area contributed by atoms with Crippen molar-refractivity contribution in [1.82, 2.24) is 15.5 Å². The first-order valence-corrected chi connectivity index (χ1v) is 9.10. The summed E-state index contributed by atoms with van der Waals surface area (Å²) in [6.07, 6.45) is 4.01. The number of ether oxygens (including phenoxy) is 1. The molecule has 0 aromatic carbocycles. The highest BCUT2D eigenvalue weighted by Gasteiger charge is 2.24. The first-order chi connectivity index (χ1) is 12.1. The van der Waals surface area contributed by atoms with Crippen LogP contribution in [-0.2, 0) is 11.2 Å². The molecule has 2 rings (SSSR count). The third-order valence-corrected chi connectivity index (χ3v) is 4.00. The van der Waals surface area contributed by atoms with Crippen molar-refractivity contribution >= 4 is 36.0 Å². The number of nitrogens with one attached hydrogen (secondary N) is 2. The zero-order valence-corrected chi connectivity index (χ0v) is 18.2. The number of carbonyl (C=O) groups is 1. The monoisotopic (exact) mass is 478 g/mol. The Morgan fingerprint density at radius 3 is 2.73 bits per heavy atom. The van der Waals surface area contributed by atoms with Gasteiger partial charge < -0.3 is 24.7 Å². The molecule has 0 atom stereocenters. The predicted octanol–water partition coefficient (Wildman–Crippen LogP) is 3.00. The van der Waals surface area contributed by atoms with E-state index in [-0.39, 0.29) is 30.1 Å². The van der Waals surface area contributed by atoms with Gasteiger partial charge in [-0.3, -0.25) is 4.99 Å². The molecule has 1 fully saturated rings. The Labute approximate surface area is 173 Å². The number of halogens is 1. The zero-order valence-electron chi connectivity index (χ0n) is 15.9. The van der Waals surface area contributed by atoms with Gasteiger partial charge in [0.15, 0.2) is 5.96 Å². The molecule has 1 aliphatic heterocycles. The van der Waals surface area contributed by atoms with Gasteiger partial charge in [-0.15, -0.1) is 24.0 Å². The molecule has 0 spiro atoms. The fourth-order valence-corrected chi connectivity index (χ4v) is 2.75. The number of carbonyl (C=O) groups excluding carboxylic acids is 1. The minimum atomic E-state index is -0.214. The lowest BCUT2D eigenvalue weighted by Crippen LogP contribution is -2.51. The second kappa shape index (κ2) is 12.0. The van der Waals surface area contributed by atoms with E-state index in [1.54, 1.807) is 11.2 Å². The lowest BCUT2D eigenvalue weighted by Gasteiger charge is -2.32. The molecule has 0 saturated carbocycles. The molecular formula is C18H31IN4O3. The third-order valence-electron chi connectivity index (χ3n) is 4.00. The molecule has 7 nitrogen and oxygen atoms in total. The lowest BCUT2D eigenvalue weighted by atomic mass is 10.1. The molecule has 0 aliphatic carbocycles. The SMILES string of the molecule is CCOC(=O)N1CCC(NC(=NCCc2ccco2)NC(C)C)CC1.I. The summed E-state index contributed by atoms with van der Waals surface area (Å²) in [5.41, 5.74) is 0. The van der Waals surface area contributed by atoms with Crippen LogP contribution in [0.1, 0.15) is 39.4 Å². The summed E-state index contributed by atoms with van der Waals surface area (Å²) in [6, 6.07) is 4.46. The molecule has 1 aromatic rings. The quantitative estimate of drug-likeness (QED) is 0.374. The number of amides is 1. The maximum atomic E-state index is 11.8. The summed E-state index contributed by atoms with van der Waals surface area (Å²) in [5, 5.41) is 6.85. The van der Waals surface area contributed by atoms with Gasteiger partial charge >= 0.3 is 6.09 Å². The smallest absolute Gasteiger partial charge is 0.409 e. The second-order valence-corrected chi connectivity index (χ2v) is 6.46. The van der Waals surface area contributed by atoms with Crippen molar-refractivity contribution in [1.29, 1.82) is 0 Å². The van der Waals surface area contributed by atoms with E-state index in [1.165, 1.54) is 0 Å². The number of piperidine rings is 1. The number of aliphatic imine (C=N–C) groups is 1. The van der Waals surface area contributed by atoms with Crippen molar-refractivity contribution < 1.29 is 13.9 Å². The normalized spacial score (nSPS) is 15.5. The van der Waals surface area contributed by atoms with Crippen LogP contribution >= 0.6 is 24.0 Å². The van der Waals surface area contributed by atoms with Crippen molar-refractivity contribution in [3.8, 4) is 0 Å². The molecular weight excluding hydrogens is 447 g/mol. The zero-order chi connectivity index (χ0) is 18.1. The van der Waals surface area contributed by atoms with Crippen LogP contribution in [0.3, 0.4) is 0 Å². The minimum Gasteiger partial charge on any atom is -0.469 e. The molecule has 26 heavy (non-hydrogen) atoms. The topological polar surface area (TPSA) is 79.1 Å². The highest BCUT2D eigenvalue weighted by Crippen LogP contribution is 2.11. The Morgan fingerprint density at radius 1 is 1.42 bits per heavy atom. The van der Waals surface area contributed by atoms with Gasteiger partial charge in [0, 0.05) is 38.1 Å². The van der Waals surface area contributed by atoms with Crippen LogP contribution in [0.25, 0.3) is 0 Å². The first kappa shape index (κ1) is 22.6. The van der Waals surface area contributed by atoms with E-state index >= 15 is 0 Å². The second-order valence-electron chi connectivity index (χ2n) is 6.46. The fraction of sp³-hybridized carbons (Fsp3) is 0.667. The van der Waals surface area contributed by atoms with E-state index in [2.05, 4.69) is 29.5 Å². The lowest BCUT2D eigenvalue weighted by molar-refractivity contribution is 0.0963. The Balaban J connectivity index is 0.00000338. The number of furan rings is 1. The maximum Gasteiger partial charge on any atom is 0.409 e. The molecule has 1 amide bonds. The van der Waals surface area contributed by atoms with Crippen molar-refractivity contribution in [3.63, 3.8) is 0 Å². The summed E-state index contributed by atoms with van der Waals surface area (Å²) in [6.45, 7) is 8.50. The molecule has 1 aliphatic rings. The van der Waals surface area contributed by atoms with Gasteiger partial charge in [0.25, 0.3) is 0 Å². The standard InChI is InChI=1S/C18H30N4O3.HI/c1-4-24-18(23)22-11-8-15(9-12-22)21-17(20-14(2)3)19-10-7-16-6-5-13-25-16;/h5-6,13-15H,4,7-12H2,1-3H3,(H2,19,20,21);1H. The Hall–Kier alpha value is -1.45. The summed E-state index contributed by atoms with van der Waals surface area (Å²) < 4.78 is 10.4. The number of hydrogen-bond donors (Lipinski definition) is 2. The van der Waals surface area contributed by atoms with Gasteiger partial charge in [-0.2, -0.15) is 0 Å². The van der Waals surface area contributed by atoms with E-state index in [1.807, 2.05) is 19.1 Å². The number of guanidine groups is 1. The molecule has 0 bridgehead atoms. The number of rotatable bonds is 6. The molecule has 2 N–H and O–H groups in total. The summed E-state index contributed by atoms with van der Waals surface area (Å²) in [5.74, 6) is 1.76. The van der Waals surface area contributed by atoms with Crippen molar-refractivity contribution in [2.45, 2.75) is 52.1 Å². The summed E-state index contributed by atoms with van der Waals surface area (Å²) >= 11 is 0. The minimum absolute atomic E-state index is 0. The van der Waals surface area contributed by atoms with Crippen LogP contribution in [-0.4, -0.2) is 55.3 Å². The van der Waals surface area contributed by atoms with Crippen molar-refractivity contribution in [3.05, 3.63) is 24.2 Å². The number of likely N-dealkylation sites (tertiary alicyclic amines) is 1. The Morgan fingerprint density at radius 2 is 2.15 bits per heavy atom.